The lowest BCUT2D eigenvalue weighted by molar-refractivity contribution is 0.412. The summed E-state index contributed by atoms with van der Waals surface area (Å²) in [6.45, 7) is 3.32. The van der Waals surface area contributed by atoms with Crippen molar-refractivity contribution < 1.29 is 0 Å². The molecule has 1 saturated carbocycles. The first-order valence-corrected chi connectivity index (χ1v) is 10.3. The Morgan fingerprint density at radius 1 is 0.818 bits per heavy atom. The van der Waals surface area contributed by atoms with Gasteiger partial charge in [-0.2, -0.15) is 0 Å². The van der Waals surface area contributed by atoms with Crippen LogP contribution in [0.25, 0.3) is 0 Å². The summed E-state index contributed by atoms with van der Waals surface area (Å²) >= 11 is 5.38. The fraction of sp³-hybridized carbons (Fsp3) is 0.947. The van der Waals surface area contributed by atoms with Gasteiger partial charge in [-0.15, -0.1) is 0 Å². The van der Waals surface area contributed by atoms with E-state index in [0.29, 0.717) is 6.04 Å². The lowest BCUT2D eigenvalue weighted by Crippen LogP contribution is -2.42. The van der Waals surface area contributed by atoms with Gasteiger partial charge in [-0.1, -0.05) is 84.0 Å². The second-order valence-corrected chi connectivity index (χ2v) is 7.33. The van der Waals surface area contributed by atoms with E-state index >= 15 is 0 Å². The van der Waals surface area contributed by atoms with Gasteiger partial charge in [0.25, 0.3) is 0 Å². The normalized spacial score (nSPS) is 15.7. The van der Waals surface area contributed by atoms with Gasteiger partial charge in [-0.3, -0.25) is 0 Å². The van der Waals surface area contributed by atoms with Crippen LogP contribution in [-0.2, 0) is 0 Å². The largest absolute Gasteiger partial charge is 0.363 e. The first-order valence-electron chi connectivity index (χ1n) is 9.87. The molecule has 1 fully saturated rings. The van der Waals surface area contributed by atoms with E-state index < -0.39 is 0 Å². The minimum atomic E-state index is 0.626. The zero-order chi connectivity index (χ0) is 15.9. The molecular formula is C19H38N2S. The van der Waals surface area contributed by atoms with Crippen molar-refractivity contribution in [3.63, 3.8) is 0 Å². The molecule has 130 valence electrons. The SMILES string of the molecule is CCCCCCCCCCCCNC(=S)NC1CCCCC1. The summed E-state index contributed by atoms with van der Waals surface area (Å²) in [5.74, 6) is 0. The second-order valence-electron chi connectivity index (χ2n) is 6.92. The Labute approximate surface area is 144 Å². The Balaban J connectivity index is 1.79. The van der Waals surface area contributed by atoms with Crippen LogP contribution in [0.1, 0.15) is 103 Å². The lowest BCUT2D eigenvalue weighted by atomic mass is 9.96. The molecule has 2 nitrogen and oxygen atoms in total. The third-order valence-corrected chi connectivity index (χ3v) is 5.02. The highest BCUT2D eigenvalue weighted by molar-refractivity contribution is 7.80. The minimum absolute atomic E-state index is 0.626. The highest BCUT2D eigenvalue weighted by Gasteiger charge is 2.13. The Kier molecular flexibility index (Phi) is 12.8. The zero-order valence-electron chi connectivity index (χ0n) is 14.8. The van der Waals surface area contributed by atoms with Crippen molar-refractivity contribution in [3.05, 3.63) is 0 Å². The predicted octanol–water partition coefficient (Wildman–Crippen LogP) is 5.70. The maximum atomic E-state index is 5.38. The van der Waals surface area contributed by atoms with Crippen molar-refractivity contribution in [1.29, 1.82) is 0 Å². The van der Waals surface area contributed by atoms with E-state index in [1.54, 1.807) is 0 Å². The van der Waals surface area contributed by atoms with Crippen LogP contribution in [0.15, 0.2) is 0 Å². The van der Waals surface area contributed by atoms with Gasteiger partial charge in [-0.25, -0.2) is 0 Å². The van der Waals surface area contributed by atoms with Crippen LogP contribution >= 0.6 is 12.2 Å². The molecule has 1 aliphatic carbocycles. The average molecular weight is 327 g/mol. The van der Waals surface area contributed by atoms with Gasteiger partial charge in [0.2, 0.25) is 0 Å². The van der Waals surface area contributed by atoms with Crippen LogP contribution in [0.2, 0.25) is 0 Å². The predicted molar refractivity (Wildman–Crippen MR) is 102 cm³/mol. The molecule has 0 aromatic rings. The first kappa shape index (κ1) is 19.7. The summed E-state index contributed by atoms with van der Waals surface area (Å²) in [5, 5.41) is 7.73. The molecular weight excluding hydrogens is 288 g/mol. The molecule has 0 saturated heterocycles. The molecule has 2 N–H and O–H groups in total. The Morgan fingerprint density at radius 2 is 1.36 bits per heavy atom. The Bertz CT molecular complexity index is 262. The van der Waals surface area contributed by atoms with Crippen molar-refractivity contribution in [2.45, 2.75) is 109 Å². The van der Waals surface area contributed by atoms with Crippen molar-refractivity contribution in [3.8, 4) is 0 Å². The molecule has 0 heterocycles. The van der Waals surface area contributed by atoms with E-state index in [2.05, 4.69) is 17.6 Å². The van der Waals surface area contributed by atoms with Gasteiger partial charge in [0, 0.05) is 12.6 Å². The molecule has 0 radical (unpaired) electrons. The van der Waals surface area contributed by atoms with Gasteiger partial charge < -0.3 is 10.6 Å². The highest BCUT2D eigenvalue weighted by atomic mass is 32.1. The maximum Gasteiger partial charge on any atom is 0.166 e. The molecule has 0 bridgehead atoms. The monoisotopic (exact) mass is 326 g/mol. The summed E-state index contributed by atoms with van der Waals surface area (Å²) < 4.78 is 0. The van der Waals surface area contributed by atoms with Gasteiger partial charge in [0.15, 0.2) is 5.11 Å². The van der Waals surface area contributed by atoms with E-state index in [1.807, 2.05) is 0 Å². The maximum absolute atomic E-state index is 5.38. The number of hydrogen-bond donors (Lipinski definition) is 2. The molecule has 3 heteroatoms. The molecule has 0 aromatic carbocycles. The lowest BCUT2D eigenvalue weighted by Gasteiger charge is -2.24. The summed E-state index contributed by atoms with van der Waals surface area (Å²) in [7, 11) is 0. The summed E-state index contributed by atoms with van der Waals surface area (Å²) in [6.07, 6.45) is 20.6. The fourth-order valence-electron chi connectivity index (χ4n) is 3.30. The average Bonchev–Trinajstić information content (AvgIpc) is 2.53. The van der Waals surface area contributed by atoms with E-state index in [1.165, 1.54) is 96.3 Å². The van der Waals surface area contributed by atoms with Crippen molar-refractivity contribution in [1.82, 2.24) is 10.6 Å². The third-order valence-electron chi connectivity index (χ3n) is 4.76. The zero-order valence-corrected chi connectivity index (χ0v) is 15.6. The van der Waals surface area contributed by atoms with Crippen LogP contribution < -0.4 is 10.6 Å². The highest BCUT2D eigenvalue weighted by Crippen LogP contribution is 2.17. The molecule has 1 aliphatic rings. The number of hydrogen-bond acceptors (Lipinski definition) is 1. The van der Waals surface area contributed by atoms with Gasteiger partial charge in [-0.05, 0) is 31.5 Å². The Morgan fingerprint density at radius 3 is 1.95 bits per heavy atom. The minimum Gasteiger partial charge on any atom is -0.363 e. The summed E-state index contributed by atoms with van der Waals surface area (Å²) in [6, 6.07) is 0.626. The number of nitrogens with one attached hydrogen (secondary N) is 2. The van der Waals surface area contributed by atoms with Gasteiger partial charge in [0.05, 0.1) is 0 Å². The molecule has 0 amide bonds. The molecule has 0 spiro atoms. The Hall–Kier alpha value is -0.310. The van der Waals surface area contributed by atoms with E-state index in [4.69, 9.17) is 12.2 Å². The van der Waals surface area contributed by atoms with Crippen LogP contribution in [0.5, 0.6) is 0 Å². The van der Waals surface area contributed by atoms with Crippen LogP contribution in [-0.4, -0.2) is 17.7 Å². The summed E-state index contributed by atoms with van der Waals surface area (Å²) in [4.78, 5) is 0. The number of unbranched alkanes of at least 4 members (excludes halogenated alkanes) is 9. The van der Waals surface area contributed by atoms with E-state index in [-0.39, 0.29) is 0 Å². The van der Waals surface area contributed by atoms with E-state index in [0.717, 1.165) is 11.7 Å². The fourth-order valence-corrected chi connectivity index (χ4v) is 3.57. The van der Waals surface area contributed by atoms with Crippen molar-refractivity contribution in [2.75, 3.05) is 6.54 Å². The summed E-state index contributed by atoms with van der Waals surface area (Å²) in [5.41, 5.74) is 0. The van der Waals surface area contributed by atoms with Gasteiger partial charge in [0.1, 0.15) is 0 Å². The van der Waals surface area contributed by atoms with Crippen molar-refractivity contribution >= 4 is 17.3 Å². The molecule has 0 aromatic heterocycles. The number of thiocarbonyl (C=S) groups is 1. The molecule has 22 heavy (non-hydrogen) atoms. The first-order chi connectivity index (χ1) is 10.8. The smallest absolute Gasteiger partial charge is 0.166 e. The standard InChI is InChI=1S/C19H38N2S/c1-2-3-4-5-6-7-8-9-10-14-17-20-19(22)21-18-15-12-11-13-16-18/h18H,2-17H2,1H3,(H2,20,21,22). The van der Waals surface area contributed by atoms with Crippen molar-refractivity contribution in [2.24, 2.45) is 0 Å². The van der Waals surface area contributed by atoms with E-state index in [9.17, 15) is 0 Å². The van der Waals surface area contributed by atoms with Crippen LogP contribution in [0.4, 0.5) is 0 Å². The third kappa shape index (κ3) is 11.3. The second kappa shape index (κ2) is 14.3. The molecule has 0 aliphatic heterocycles. The van der Waals surface area contributed by atoms with Gasteiger partial charge >= 0.3 is 0 Å². The quantitative estimate of drug-likeness (QED) is 0.355. The molecule has 0 unspecified atom stereocenters. The number of rotatable bonds is 12. The van der Waals surface area contributed by atoms with Crippen LogP contribution in [0, 0.1) is 0 Å². The molecule has 1 rings (SSSR count). The molecule has 0 atom stereocenters. The van der Waals surface area contributed by atoms with Crippen LogP contribution in [0.3, 0.4) is 0 Å². The topological polar surface area (TPSA) is 24.1 Å².